The third-order valence-corrected chi connectivity index (χ3v) is 6.10. The first-order valence-electron chi connectivity index (χ1n) is 11.8. The number of aryl methyl sites for hydroxylation is 1. The Morgan fingerprint density at radius 1 is 1.20 bits per heavy atom. The van der Waals surface area contributed by atoms with Gasteiger partial charge in [-0.1, -0.05) is 18.6 Å². The van der Waals surface area contributed by atoms with E-state index in [0.717, 1.165) is 37.0 Å². The highest BCUT2D eigenvalue weighted by Crippen LogP contribution is 2.26. The summed E-state index contributed by atoms with van der Waals surface area (Å²) >= 11 is 0. The molecule has 1 aromatic carbocycles. The minimum Gasteiger partial charge on any atom is -0.497 e. The standard InChI is InChI=1S/C25H31N7O3/c1-16-10-20(13-23(27-16)25(34)26-14-18-6-5-9-22(12-18)35-3)24-29-31-32(30-24)15-19-7-4-8-21(11-19)28-17(2)33/h5-6,9-10,12-13,19,21H,4,7-8,11,14-15H2,1-3H3,(H,26,34)(H,28,33)/t19-,21+/m0/s1. The van der Waals surface area contributed by atoms with Gasteiger partial charge in [-0.15, -0.1) is 10.2 Å². The van der Waals surface area contributed by atoms with Crippen molar-refractivity contribution in [2.24, 2.45) is 5.92 Å². The number of nitrogens with zero attached hydrogens (tertiary/aromatic N) is 5. The number of aromatic nitrogens is 5. The minimum absolute atomic E-state index is 0.00760. The van der Waals surface area contributed by atoms with Crippen LogP contribution in [-0.4, -0.2) is 50.2 Å². The quantitative estimate of drug-likeness (QED) is 0.511. The van der Waals surface area contributed by atoms with Crippen LogP contribution in [0.3, 0.4) is 0 Å². The zero-order chi connectivity index (χ0) is 24.8. The average Bonchev–Trinajstić information content (AvgIpc) is 3.30. The van der Waals surface area contributed by atoms with E-state index in [-0.39, 0.29) is 17.9 Å². The zero-order valence-corrected chi connectivity index (χ0v) is 20.3. The number of ether oxygens (including phenoxy) is 1. The molecule has 10 nitrogen and oxygen atoms in total. The van der Waals surface area contributed by atoms with Gasteiger partial charge in [0.2, 0.25) is 11.7 Å². The molecular formula is C25H31N7O3. The van der Waals surface area contributed by atoms with Crippen molar-refractivity contribution in [3.8, 4) is 17.1 Å². The highest BCUT2D eigenvalue weighted by Gasteiger charge is 2.24. The predicted octanol–water partition coefficient (Wildman–Crippen LogP) is 2.68. The van der Waals surface area contributed by atoms with Crippen LogP contribution >= 0.6 is 0 Å². The molecule has 1 aliphatic carbocycles. The fraction of sp³-hybridized carbons (Fsp3) is 0.440. The lowest BCUT2D eigenvalue weighted by Crippen LogP contribution is -2.38. The molecule has 4 rings (SSSR count). The maximum Gasteiger partial charge on any atom is 0.270 e. The van der Waals surface area contributed by atoms with Gasteiger partial charge in [0.1, 0.15) is 11.4 Å². The number of carbonyl (C=O) groups is 2. The van der Waals surface area contributed by atoms with E-state index in [9.17, 15) is 9.59 Å². The summed E-state index contributed by atoms with van der Waals surface area (Å²) in [6.07, 6.45) is 4.04. The maximum absolute atomic E-state index is 12.8. The van der Waals surface area contributed by atoms with Crippen LogP contribution in [0.25, 0.3) is 11.4 Å². The number of nitrogens with one attached hydrogen (secondary N) is 2. The summed E-state index contributed by atoms with van der Waals surface area (Å²) in [7, 11) is 1.61. The van der Waals surface area contributed by atoms with E-state index >= 15 is 0 Å². The molecule has 2 N–H and O–H groups in total. The van der Waals surface area contributed by atoms with Crippen molar-refractivity contribution in [3.05, 3.63) is 53.3 Å². The van der Waals surface area contributed by atoms with Crippen LogP contribution in [0.2, 0.25) is 0 Å². The van der Waals surface area contributed by atoms with E-state index < -0.39 is 0 Å². The molecule has 3 aromatic rings. The summed E-state index contributed by atoms with van der Waals surface area (Å²) < 4.78 is 5.23. The Balaban J connectivity index is 1.41. The fourth-order valence-corrected chi connectivity index (χ4v) is 4.51. The molecule has 1 aliphatic rings. The Morgan fingerprint density at radius 2 is 2.06 bits per heavy atom. The van der Waals surface area contributed by atoms with Gasteiger partial charge in [0.25, 0.3) is 5.91 Å². The third kappa shape index (κ3) is 6.62. The van der Waals surface area contributed by atoms with E-state index in [1.54, 1.807) is 24.9 Å². The van der Waals surface area contributed by atoms with Crippen molar-refractivity contribution in [3.63, 3.8) is 0 Å². The van der Waals surface area contributed by atoms with Crippen LogP contribution in [0.5, 0.6) is 5.75 Å². The first kappa shape index (κ1) is 24.3. The van der Waals surface area contributed by atoms with Gasteiger partial charge >= 0.3 is 0 Å². The molecule has 1 saturated carbocycles. The van der Waals surface area contributed by atoms with Gasteiger partial charge in [-0.2, -0.15) is 4.80 Å². The van der Waals surface area contributed by atoms with E-state index in [0.29, 0.717) is 41.8 Å². The van der Waals surface area contributed by atoms with Crippen LogP contribution in [0.4, 0.5) is 0 Å². The second-order valence-electron chi connectivity index (χ2n) is 9.01. The van der Waals surface area contributed by atoms with E-state index in [1.807, 2.05) is 37.3 Å². The molecule has 1 fully saturated rings. The number of hydrogen-bond acceptors (Lipinski definition) is 7. The van der Waals surface area contributed by atoms with Gasteiger partial charge < -0.3 is 15.4 Å². The number of methoxy groups -OCH3 is 1. The van der Waals surface area contributed by atoms with Gasteiger partial charge in [0.05, 0.1) is 13.7 Å². The maximum atomic E-state index is 12.8. The summed E-state index contributed by atoms with van der Waals surface area (Å²) in [4.78, 5) is 30.2. The molecule has 0 bridgehead atoms. The van der Waals surface area contributed by atoms with Crippen LogP contribution in [0.15, 0.2) is 36.4 Å². The van der Waals surface area contributed by atoms with Crippen molar-refractivity contribution in [1.82, 2.24) is 35.8 Å². The molecule has 0 unspecified atom stereocenters. The van der Waals surface area contributed by atoms with E-state index in [1.165, 1.54) is 0 Å². The average molecular weight is 478 g/mol. The fourth-order valence-electron chi connectivity index (χ4n) is 4.51. The summed E-state index contributed by atoms with van der Waals surface area (Å²) in [6, 6.07) is 11.3. The Bertz CT molecular complexity index is 1190. The molecule has 0 spiro atoms. The number of benzene rings is 1. The molecule has 2 heterocycles. The molecule has 35 heavy (non-hydrogen) atoms. The first-order valence-corrected chi connectivity index (χ1v) is 11.8. The Kier molecular flexibility index (Phi) is 7.69. The lowest BCUT2D eigenvalue weighted by Gasteiger charge is -2.28. The Morgan fingerprint density at radius 3 is 2.86 bits per heavy atom. The molecule has 2 amide bonds. The summed E-state index contributed by atoms with van der Waals surface area (Å²) in [5.41, 5.74) is 2.61. The first-order chi connectivity index (χ1) is 16.9. The molecule has 184 valence electrons. The second-order valence-corrected chi connectivity index (χ2v) is 9.01. The smallest absolute Gasteiger partial charge is 0.270 e. The summed E-state index contributed by atoms with van der Waals surface area (Å²) in [6.45, 7) is 4.38. The zero-order valence-electron chi connectivity index (χ0n) is 20.3. The highest BCUT2D eigenvalue weighted by atomic mass is 16.5. The second kappa shape index (κ2) is 11.1. The molecule has 0 aliphatic heterocycles. The van der Waals surface area contributed by atoms with E-state index in [4.69, 9.17) is 4.74 Å². The predicted molar refractivity (Wildman–Crippen MR) is 130 cm³/mol. The van der Waals surface area contributed by atoms with Gasteiger partial charge in [0.15, 0.2) is 0 Å². The highest BCUT2D eigenvalue weighted by molar-refractivity contribution is 5.93. The Labute approximate surface area is 204 Å². The van der Waals surface area contributed by atoms with Crippen molar-refractivity contribution in [2.45, 2.75) is 58.7 Å². The largest absolute Gasteiger partial charge is 0.497 e. The minimum atomic E-state index is -0.281. The van der Waals surface area contributed by atoms with Gasteiger partial charge in [-0.05, 0) is 67.1 Å². The summed E-state index contributed by atoms with van der Waals surface area (Å²) in [5, 5.41) is 18.9. The lowest BCUT2D eigenvalue weighted by atomic mass is 9.86. The van der Waals surface area contributed by atoms with Gasteiger partial charge in [-0.3, -0.25) is 9.59 Å². The number of tetrazole rings is 1. The Hall–Kier alpha value is -3.82. The molecule has 0 saturated heterocycles. The van der Waals surface area contributed by atoms with E-state index in [2.05, 4.69) is 31.0 Å². The van der Waals surface area contributed by atoms with Crippen LogP contribution in [0, 0.1) is 12.8 Å². The third-order valence-electron chi connectivity index (χ3n) is 6.10. The lowest BCUT2D eigenvalue weighted by molar-refractivity contribution is -0.120. The topological polar surface area (TPSA) is 124 Å². The summed E-state index contributed by atoms with van der Waals surface area (Å²) in [5.74, 6) is 1.29. The normalized spacial score (nSPS) is 17.6. The van der Waals surface area contributed by atoms with Crippen molar-refractivity contribution < 1.29 is 14.3 Å². The van der Waals surface area contributed by atoms with Crippen molar-refractivity contribution in [2.75, 3.05) is 7.11 Å². The van der Waals surface area contributed by atoms with Crippen molar-refractivity contribution >= 4 is 11.8 Å². The molecule has 10 heteroatoms. The SMILES string of the molecule is COc1cccc(CNC(=O)c2cc(-c3nnn(C[C@H]4CCC[C@@H](NC(C)=O)C4)n3)cc(C)n2)c1. The molecule has 2 aromatic heterocycles. The molecular weight excluding hydrogens is 446 g/mol. The number of pyridine rings is 1. The van der Waals surface area contributed by atoms with Crippen LogP contribution in [0.1, 0.15) is 54.4 Å². The number of carbonyl (C=O) groups excluding carboxylic acids is 2. The van der Waals surface area contributed by atoms with Gasteiger partial charge in [-0.25, -0.2) is 4.98 Å². The van der Waals surface area contributed by atoms with Crippen LogP contribution < -0.4 is 15.4 Å². The van der Waals surface area contributed by atoms with Crippen LogP contribution in [-0.2, 0) is 17.9 Å². The van der Waals surface area contributed by atoms with Gasteiger partial charge in [0, 0.05) is 30.8 Å². The number of rotatable bonds is 8. The monoisotopic (exact) mass is 477 g/mol. The molecule has 2 atom stereocenters. The van der Waals surface area contributed by atoms with Crippen molar-refractivity contribution in [1.29, 1.82) is 0 Å². The number of amides is 2. The number of hydrogen-bond donors (Lipinski definition) is 2. The molecule has 0 radical (unpaired) electrons.